The van der Waals surface area contributed by atoms with E-state index in [0.29, 0.717) is 55.3 Å². The molecule has 0 bridgehead atoms. The molecule has 0 aliphatic heterocycles. The smallest absolute Gasteiger partial charge is 0.343 e. The van der Waals surface area contributed by atoms with Gasteiger partial charge < -0.3 is 33.2 Å². The normalized spacial score (nSPS) is 12.4. The average Bonchev–Trinajstić information content (AvgIpc) is 3.20. The lowest BCUT2D eigenvalue weighted by molar-refractivity contribution is -0.151. The van der Waals surface area contributed by atoms with E-state index in [1.54, 1.807) is 36.4 Å². The second-order valence-electron chi connectivity index (χ2n) is 13.2. The molecule has 298 valence electrons. The second kappa shape index (κ2) is 23.1. The molecule has 3 aromatic carbocycles. The third-order valence-electron chi connectivity index (χ3n) is 8.53. The van der Waals surface area contributed by atoms with Crippen LogP contribution in [0.15, 0.2) is 97.1 Å². The van der Waals surface area contributed by atoms with Crippen LogP contribution < -0.4 is 14.2 Å². The molecule has 0 radical (unpaired) electrons. The van der Waals surface area contributed by atoms with Gasteiger partial charge in [-0.15, -0.1) is 0 Å². The molecule has 0 unspecified atom stereocenters. The molecule has 0 amide bonds. The molecule has 12 nitrogen and oxygen atoms in total. The highest BCUT2D eigenvalue weighted by Crippen LogP contribution is 2.26. The van der Waals surface area contributed by atoms with E-state index < -0.39 is 29.8 Å². The Bertz CT molecular complexity index is 1770. The largest absolute Gasteiger partial charge is 0.493 e. The molecule has 0 heterocycles. The molecule has 1 saturated carbocycles. The predicted molar refractivity (Wildman–Crippen MR) is 207 cm³/mol. The summed E-state index contributed by atoms with van der Waals surface area (Å²) in [7, 11) is 0. The SMILES string of the molecule is C=C(CC(=O)OCCC)C(=O)OCCCOc1ccc(-c2ccc(OC(=O)c3ccc(OCCCOC(=O)C(=C)CC(=O)OC4CCCCC4)cc3)cc2)cc1. The number of hydrogen-bond donors (Lipinski definition) is 0. The third kappa shape index (κ3) is 15.1. The van der Waals surface area contributed by atoms with Crippen molar-refractivity contribution in [1.29, 1.82) is 0 Å². The zero-order chi connectivity index (χ0) is 40.1. The molecular formula is C44H50O12. The molecular weight excluding hydrogens is 720 g/mol. The Balaban J connectivity index is 1.09. The van der Waals surface area contributed by atoms with Gasteiger partial charge >= 0.3 is 29.8 Å². The Labute approximate surface area is 327 Å². The van der Waals surface area contributed by atoms with Crippen LogP contribution >= 0.6 is 0 Å². The van der Waals surface area contributed by atoms with Crippen molar-refractivity contribution in [3.63, 3.8) is 0 Å². The molecule has 1 aliphatic rings. The van der Waals surface area contributed by atoms with Crippen molar-refractivity contribution in [3.05, 3.63) is 103 Å². The second-order valence-corrected chi connectivity index (χ2v) is 13.2. The van der Waals surface area contributed by atoms with Crippen molar-refractivity contribution >= 4 is 29.8 Å². The quantitative estimate of drug-likeness (QED) is 0.0321. The van der Waals surface area contributed by atoms with Crippen LogP contribution in [0.5, 0.6) is 17.2 Å². The summed E-state index contributed by atoms with van der Waals surface area (Å²) >= 11 is 0. The number of rotatable bonds is 22. The minimum absolute atomic E-state index is 0.0500. The zero-order valence-electron chi connectivity index (χ0n) is 31.9. The first kappa shape index (κ1) is 42.8. The maximum Gasteiger partial charge on any atom is 0.343 e. The third-order valence-corrected chi connectivity index (χ3v) is 8.53. The van der Waals surface area contributed by atoms with Crippen LogP contribution in [0.2, 0.25) is 0 Å². The first-order valence-electron chi connectivity index (χ1n) is 18.9. The number of carbonyl (C=O) groups is 5. The van der Waals surface area contributed by atoms with E-state index in [1.807, 2.05) is 43.3 Å². The van der Waals surface area contributed by atoms with Crippen LogP contribution in [0.25, 0.3) is 11.1 Å². The van der Waals surface area contributed by atoms with Gasteiger partial charge in [-0.2, -0.15) is 0 Å². The first-order chi connectivity index (χ1) is 27.1. The van der Waals surface area contributed by atoms with E-state index in [2.05, 4.69) is 13.2 Å². The molecule has 0 atom stereocenters. The van der Waals surface area contributed by atoms with Gasteiger partial charge in [-0.25, -0.2) is 14.4 Å². The lowest BCUT2D eigenvalue weighted by Crippen LogP contribution is -2.22. The summed E-state index contributed by atoms with van der Waals surface area (Å²) in [6.07, 6.45) is 6.07. The Kier molecular flexibility index (Phi) is 17.7. The van der Waals surface area contributed by atoms with Crippen molar-refractivity contribution in [2.75, 3.05) is 33.0 Å². The Hall–Kier alpha value is -5.91. The van der Waals surface area contributed by atoms with Gasteiger partial charge in [0.15, 0.2) is 0 Å². The highest BCUT2D eigenvalue weighted by Gasteiger charge is 2.20. The molecule has 56 heavy (non-hydrogen) atoms. The minimum Gasteiger partial charge on any atom is -0.493 e. The predicted octanol–water partition coefficient (Wildman–Crippen LogP) is 7.92. The number of carbonyl (C=O) groups excluding carboxylic acids is 5. The van der Waals surface area contributed by atoms with Gasteiger partial charge in [-0.05, 0) is 91.8 Å². The average molecular weight is 771 g/mol. The molecule has 0 spiro atoms. The summed E-state index contributed by atoms with van der Waals surface area (Å²) in [5.74, 6) is -1.18. The van der Waals surface area contributed by atoms with Crippen molar-refractivity contribution in [1.82, 2.24) is 0 Å². The number of ether oxygens (including phenoxy) is 7. The van der Waals surface area contributed by atoms with Crippen LogP contribution in [-0.4, -0.2) is 69.0 Å². The Morgan fingerprint density at radius 3 is 1.57 bits per heavy atom. The molecule has 4 rings (SSSR count). The summed E-state index contributed by atoms with van der Waals surface area (Å²) in [5, 5.41) is 0. The van der Waals surface area contributed by atoms with Crippen molar-refractivity contribution < 1.29 is 57.1 Å². The van der Waals surface area contributed by atoms with Crippen molar-refractivity contribution in [2.24, 2.45) is 0 Å². The number of benzene rings is 3. The molecule has 0 aromatic heterocycles. The standard InChI is InChI=1S/C44H50O12/c1-4-24-52-40(45)29-31(2)42(47)53-27-8-25-50-36-18-12-33(13-19-36)34-14-22-39(23-15-34)56-44(49)35-16-20-37(21-17-35)51-26-9-28-54-43(48)32(3)30-41(46)55-38-10-6-5-7-11-38/h12-23,38H,2-11,24-30H2,1H3. The lowest BCUT2D eigenvalue weighted by atomic mass is 9.98. The fourth-order valence-electron chi connectivity index (χ4n) is 5.51. The highest BCUT2D eigenvalue weighted by molar-refractivity contribution is 5.94. The van der Waals surface area contributed by atoms with Gasteiger partial charge in [-0.3, -0.25) is 9.59 Å². The fourth-order valence-corrected chi connectivity index (χ4v) is 5.51. The first-order valence-corrected chi connectivity index (χ1v) is 18.9. The summed E-state index contributed by atoms with van der Waals surface area (Å²) < 4.78 is 37.7. The van der Waals surface area contributed by atoms with Gasteiger partial charge in [0.1, 0.15) is 23.4 Å². The van der Waals surface area contributed by atoms with Crippen molar-refractivity contribution in [3.8, 4) is 28.4 Å². The minimum atomic E-state index is -0.635. The van der Waals surface area contributed by atoms with Gasteiger partial charge in [0.25, 0.3) is 0 Å². The van der Waals surface area contributed by atoms with Gasteiger partial charge in [0.2, 0.25) is 0 Å². The highest BCUT2D eigenvalue weighted by atomic mass is 16.6. The Morgan fingerprint density at radius 2 is 1.05 bits per heavy atom. The van der Waals surface area contributed by atoms with Gasteiger partial charge in [0, 0.05) is 24.0 Å². The van der Waals surface area contributed by atoms with E-state index in [4.69, 9.17) is 33.2 Å². The van der Waals surface area contributed by atoms with Crippen LogP contribution in [0.4, 0.5) is 0 Å². The molecule has 1 fully saturated rings. The zero-order valence-corrected chi connectivity index (χ0v) is 31.9. The summed E-state index contributed by atoms with van der Waals surface area (Å²) in [5.41, 5.74) is 2.31. The van der Waals surface area contributed by atoms with Gasteiger partial charge in [0.05, 0.1) is 51.4 Å². The topological polar surface area (TPSA) is 150 Å². The van der Waals surface area contributed by atoms with Gasteiger partial charge in [-0.1, -0.05) is 50.8 Å². The number of esters is 5. The van der Waals surface area contributed by atoms with Crippen LogP contribution in [0, 0.1) is 0 Å². The fraction of sp³-hybridized carbons (Fsp3) is 0.386. The molecule has 1 aliphatic carbocycles. The summed E-state index contributed by atoms with van der Waals surface area (Å²) in [6.45, 7) is 10.3. The molecule has 0 saturated heterocycles. The number of hydrogen-bond acceptors (Lipinski definition) is 12. The monoisotopic (exact) mass is 770 g/mol. The molecule has 12 heteroatoms. The van der Waals surface area contributed by atoms with Crippen molar-refractivity contribution in [2.45, 2.75) is 77.2 Å². The van der Waals surface area contributed by atoms with Crippen LogP contribution in [-0.2, 0) is 38.1 Å². The molecule has 0 N–H and O–H groups in total. The summed E-state index contributed by atoms with van der Waals surface area (Å²) in [6, 6.07) is 21.1. The maximum absolute atomic E-state index is 12.8. The van der Waals surface area contributed by atoms with E-state index in [-0.39, 0.29) is 49.9 Å². The van der Waals surface area contributed by atoms with E-state index in [0.717, 1.165) is 43.2 Å². The van der Waals surface area contributed by atoms with E-state index in [1.165, 1.54) is 0 Å². The molecule has 3 aromatic rings. The maximum atomic E-state index is 12.8. The summed E-state index contributed by atoms with van der Waals surface area (Å²) in [4.78, 5) is 60.7. The van der Waals surface area contributed by atoms with E-state index >= 15 is 0 Å². The Morgan fingerprint density at radius 1 is 0.571 bits per heavy atom. The van der Waals surface area contributed by atoms with E-state index in [9.17, 15) is 24.0 Å². The van der Waals surface area contributed by atoms with Crippen LogP contribution in [0.1, 0.15) is 81.5 Å². The van der Waals surface area contributed by atoms with Crippen LogP contribution in [0.3, 0.4) is 0 Å². The lowest BCUT2D eigenvalue weighted by Gasteiger charge is -2.21.